The number of hydrogen-bond acceptors (Lipinski definition) is 3. The largest absolute Gasteiger partial charge is 0.310 e. The van der Waals surface area contributed by atoms with Crippen LogP contribution < -0.4 is 5.32 Å². The zero-order valence-corrected chi connectivity index (χ0v) is 11.4. The van der Waals surface area contributed by atoms with Gasteiger partial charge in [0.2, 0.25) is 0 Å². The van der Waals surface area contributed by atoms with Crippen LogP contribution in [0.15, 0.2) is 23.0 Å². The van der Waals surface area contributed by atoms with E-state index in [1.165, 1.54) is 11.1 Å². The predicted molar refractivity (Wildman–Crippen MR) is 72.4 cm³/mol. The van der Waals surface area contributed by atoms with Crippen molar-refractivity contribution in [3.05, 3.63) is 39.8 Å². The highest BCUT2D eigenvalue weighted by Gasteiger charge is 2.10. The van der Waals surface area contributed by atoms with E-state index in [4.69, 9.17) is 0 Å². The van der Waals surface area contributed by atoms with Crippen molar-refractivity contribution in [1.29, 1.82) is 0 Å². The average Bonchev–Trinajstić information content (AvgIpc) is 2.88. The van der Waals surface area contributed by atoms with Crippen LogP contribution in [0.2, 0.25) is 0 Å². The smallest absolute Gasteiger partial charge is 0.0641 e. The fraction of sp³-hybridized carbons (Fsp3) is 0.462. The van der Waals surface area contributed by atoms with Gasteiger partial charge in [0, 0.05) is 24.8 Å². The molecule has 1 unspecified atom stereocenters. The van der Waals surface area contributed by atoms with Gasteiger partial charge in [-0.05, 0) is 49.2 Å². The molecule has 0 spiro atoms. The van der Waals surface area contributed by atoms with Crippen molar-refractivity contribution >= 4 is 11.3 Å². The van der Waals surface area contributed by atoms with Gasteiger partial charge in [-0.15, -0.1) is 0 Å². The van der Waals surface area contributed by atoms with Crippen LogP contribution in [-0.2, 0) is 13.5 Å². The lowest BCUT2D eigenvalue weighted by atomic mass is 10.1. The molecule has 0 aromatic carbocycles. The highest BCUT2D eigenvalue weighted by atomic mass is 32.1. The summed E-state index contributed by atoms with van der Waals surface area (Å²) < 4.78 is 1.88. The lowest BCUT2D eigenvalue weighted by Crippen LogP contribution is -2.21. The molecule has 0 aliphatic carbocycles. The standard InChI is InChI=1S/C13H19N3S/c1-10(13-8-16(3)15-11(13)2)14-6-4-12-5-7-17-9-12/h5,7-10,14H,4,6H2,1-3H3. The molecule has 0 amide bonds. The van der Waals surface area contributed by atoms with E-state index in [0.29, 0.717) is 6.04 Å². The number of nitrogens with one attached hydrogen (secondary N) is 1. The fourth-order valence-corrected chi connectivity index (χ4v) is 2.72. The normalized spacial score (nSPS) is 12.9. The van der Waals surface area contributed by atoms with Crippen molar-refractivity contribution in [2.45, 2.75) is 26.3 Å². The first-order valence-electron chi connectivity index (χ1n) is 5.91. The van der Waals surface area contributed by atoms with E-state index in [9.17, 15) is 0 Å². The molecular weight excluding hydrogens is 230 g/mol. The number of thiophene rings is 1. The van der Waals surface area contributed by atoms with Gasteiger partial charge in [-0.1, -0.05) is 0 Å². The van der Waals surface area contributed by atoms with E-state index in [1.54, 1.807) is 11.3 Å². The van der Waals surface area contributed by atoms with Crippen LogP contribution in [0.4, 0.5) is 0 Å². The molecule has 0 radical (unpaired) electrons. The van der Waals surface area contributed by atoms with E-state index in [0.717, 1.165) is 18.7 Å². The highest BCUT2D eigenvalue weighted by molar-refractivity contribution is 7.07. The van der Waals surface area contributed by atoms with Crippen LogP contribution in [0.3, 0.4) is 0 Å². The van der Waals surface area contributed by atoms with Crippen molar-refractivity contribution in [2.75, 3.05) is 6.54 Å². The van der Waals surface area contributed by atoms with Gasteiger partial charge in [0.05, 0.1) is 5.69 Å². The first-order valence-corrected chi connectivity index (χ1v) is 6.85. The molecular formula is C13H19N3S. The summed E-state index contributed by atoms with van der Waals surface area (Å²) in [4.78, 5) is 0. The summed E-state index contributed by atoms with van der Waals surface area (Å²) in [6, 6.07) is 2.55. The van der Waals surface area contributed by atoms with Crippen LogP contribution in [-0.4, -0.2) is 16.3 Å². The molecule has 2 heterocycles. The van der Waals surface area contributed by atoms with E-state index in [-0.39, 0.29) is 0 Å². The number of aromatic nitrogens is 2. The third kappa shape index (κ3) is 3.17. The lowest BCUT2D eigenvalue weighted by molar-refractivity contribution is 0.574. The minimum atomic E-state index is 0.363. The average molecular weight is 249 g/mol. The Morgan fingerprint density at radius 1 is 1.53 bits per heavy atom. The summed E-state index contributed by atoms with van der Waals surface area (Å²) in [6.07, 6.45) is 3.19. The van der Waals surface area contributed by atoms with Gasteiger partial charge >= 0.3 is 0 Å². The van der Waals surface area contributed by atoms with Gasteiger partial charge in [-0.25, -0.2) is 0 Å². The first-order chi connectivity index (χ1) is 8.16. The molecule has 4 heteroatoms. The van der Waals surface area contributed by atoms with Gasteiger partial charge in [0.1, 0.15) is 0 Å². The van der Waals surface area contributed by atoms with Crippen LogP contribution in [0.25, 0.3) is 0 Å². The van der Waals surface area contributed by atoms with Gasteiger partial charge < -0.3 is 5.32 Å². The van der Waals surface area contributed by atoms with Crippen LogP contribution in [0, 0.1) is 6.92 Å². The van der Waals surface area contributed by atoms with Crippen molar-refractivity contribution < 1.29 is 0 Å². The third-order valence-corrected chi connectivity index (χ3v) is 3.69. The molecule has 2 aromatic rings. The summed E-state index contributed by atoms with van der Waals surface area (Å²) in [7, 11) is 1.97. The molecule has 0 saturated heterocycles. The Hall–Kier alpha value is -1.13. The van der Waals surface area contributed by atoms with E-state index < -0.39 is 0 Å². The van der Waals surface area contributed by atoms with Crippen molar-refractivity contribution in [1.82, 2.24) is 15.1 Å². The maximum atomic E-state index is 4.37. The maximum absolute atomic E-state index is 4.37. The van der Waals surface area contributed by atoms with Gasteiger partial charge in [-0.2, -0.15) is 16.4 Å². The lowest BCUT2D eigenvalue weighted by Gasteiger charge is -2.12. The molecule has 92 valence electrons. The Kier molecular flexibility index (Phi) is 3.97. The molecule has 2 aromatic heterocycles. The highest BCUT2D eigenvalue weighted by Crippen LogP contribution is 2.15. The minimum Gasteiger partial charge on any atom is -0.310 e. The summed E-state index contributed by atoms with van der Waals surface area (Å²) in [5, 5.41) is 12.3. The van der Waals surface area contributed by atoms with Crippen LogP contribution >= 0.6 is 11.3 Å². The second-order valence-electron chi connectivity index (χ2n) is 4.40. The van der Waals surface area contributed by atoms with E-state index in [2.05, 4.69) is 47.3 Å². The Bertz CT molecular complexity index is 459. The van der Waals surface area contributed by atoms with E-state index in [1.807, 2.05) is 11.7 Å². The minimum absolute atomic E-state index is 0.363. The topological polar surface area (TPSA) is 29.9 Å². The van der Waals surface area contributed by atoms with Crippen molar-refractivity contribution in [3.8, 4) is 0 Å². The summed E-state index contributed by atoms with van der Waals surface area (Å²) in [5.74, 6) is 0. The molecule has 2 rings (SSSR count). The summed E-state index contributed by atoms with van der Waals surface area (Å²) in [5.41, 5.74) is 3.82. The molecule has 1 atom stereocenters. The predicted octanol–water partition coefficient (Wildman–Crippen LogP) is 2.68. The van der Waals surface area contributed by atoms with Crippen molar-refractivity contribution in [2.24, 2.45) is 7.05 Å². The van der Waals surface area contributed by atoms with Gasteiger partial charge in [0.25, 0.3) is 0 Å². The van der Waals surface area contributed by atoms with Gasteiger partial charge in [-0.3, -0.25) is 4.68 Å². The Morgan fingerprint density at radius 3 is 2.94 bits per heavy atom. The van der Waals surface area contributed by atoms with Crippen molar-refractivity contribution in [3.63, 3.8) is 0 Å². The molecule has 0 fully saturated rings. The zero-order valence-electron chi connectivity index (χ0n) is 10.6. The summed E-state index contributed by atoms with van der Waals surface area (Å²) in [6.45, 7) is 5.26. The Labute approximate surface area is 106 Å². The maximum Gasteiger partial charge on any atom is 0.0641 e. The van der Waals surface area contributed by atoms with Crippen LogP contribution in [0.5, 0.6) is 0 Å². The molecule has 17 heavy (non-hydrogen) atoms. The second kappa shape index (κ2) is 5.47. The zero-order chi connectivity index (χ0) is 12.3. The molecule has 0 aliphatic heterocycles. The Morgan fingerprint density at radius 2 is 2.35 bits per heavy atom. The Balaban J connectivity index is 1.85. The molecule has 0 bridgehead atoms. The van der Waals surface area contributed by atoms with Gasteiger partial charge in [0.15, 0.2) is 0 Å². The second-order valence-corrected chi connectivity index (χ2v) is 5.18. The summed E-state index contributed by atoms with van der Waals surface area (Å²) >= 11 is 1.76. The molecule has 0 saturated carbocycles. The quantitative estimate of drug-likeness (QED) is 0.883. The number of hydrogen-bond donors (Lipinski definition) is 1. The number of aryl methyl sites for hydroxylation is 2. The first kappa shape index (κ1) is 12.3. The molecule has 1 N–H and O–H groups in total. The fourth-order valence-electron chi connectivity index (χ4n) is 2.02. The van der Waals surface area contributed by atoms with E-state index >= 15 is 0 Å². The molecule has 0 aliphatic rings. The number of nitrogens with zero attached hydrogens (tertiary/aromatic N) is 2. The van der Waals surface area contributed by atoms with Crippen LogP contribution in [0.1, 0.15) is 29.8 Å². The third-order valence-electron chi connectivity index (χ3n) is 2.96. The number of rotatable bonds is 5. The SMILES string of the molecule is Cc1nn(C)cc1C(C)NCCc1ccsc1. The monoisotopic (exact) mass is 249 g/mol. The molecule has 3 nitrogen and oxygen atoms in total.